The van der Waals surface area contributed by atoms with E-state index in [2.05, 4.69) is 42.1 Å². The molecule has 2 aromatic rings. The molecule has 6 nitrogen and oxygen atoms in total. The minimum absolute atomic E-state index is 0.124. The Morgan fingerprint density at radius 1 is 1.25 bits per heavy atom. The summed E-state index contributed by atoms with van der Waals surface area (Å²) < 4.78 is 1.91. The van der Waals surface area contributed by atoms with Gasteiger partial charge < -0.3 is 4.90 Å². The number of likely N-dealkylation sites (tertiary alicyclic amines) is 1. The normalized spacial score (nSPS) is 25.3. The second-order valence-electron chi connectivity index (χ2n) is 7.17. The van der Waals surface area contributed by atoms with Crippen LogP contribution in [0.25, 0.3) is 5.65 Å². The molecule has 4 heterocycles. The first kappa shape index (κ1) is 15.4. The number of aromatic nitrogens is 3. The summed E-state index contributed by atoms with van der Waals surface area (Å²) in [5.74, 6) is 1.13. The number of aryl methyl sites for hydroxylation is 1. The predicted octanol–water partition coefficient (Wildman–Crippen LogP) is 2.54. The smallest absolute Gasteiger partial charge is 0.157 e. The summed E-state index contributed by atoms with van der Waals surface area (Å²) in [6.45, 7) is 4.91. The van der Waals surface area contributed by atoms with E-state index in [9.17, 15) is 0 Å². The highest BCUT2D eigenvalue weighted by Crippen LogP contribution is 2.30. The summed E-state index contributed by atoms with van der Waals surface area (Å²) >= 11 is 0. The van der Waals surface area contributed by atoms with E-state index in [1.807, 2.05) is 4.52 Å². The lowest BCUT2D eigenvalue weighted by molar-refractivity contribution is 0.183. The summed E-state index contributed by atoms with van der Waals surface area (Å²) in [4.78, 5) is 9.50. The van der Waals surface area contributed by atoms with Gasteiger partial charge in [0.2, 0.25) is 0 Å². The van der Waals surface area contributed by atoms with Gasteiger partial charge in [-0.3, -0.25) is 4.90 Å². The Balaban J connectivity index is 1.67. The monoisotopic (exact) mass is 324 g/mol. The van der Waals surface area contributed by atoms with E-state index in [1.165, 1.54) is 19.3 Å². The van der Waals surface area contributed by atoms with Crippen molar-refractivity contribution in [3.05, 3.63) is 23.5 Å². The van der Waals surface area contributed by atoms with Crippen molar-refractivity contribution in [1.29, 1.82) is 5.26 Å². The molecule has 0 bridgehead atoms. The van der Waals surface area contributed by atoms with E-state index in [-0.39, 0.29) is 5.92 Å². The molecular weight excluding hydrogens is 300 g/mol. The first-order chi connectivity index (χ1) is 11.7. The first-order valence-corrected chi connectivity index (χ1v) is 8.87. The zero-order valence-electron chi connectivity index (χ0n) is 14.4. The molecular formula is C18H24N6. The Hall–Kier alpha value is -2.13. The number of anilines is 1. The van der Waals surface area contributed by atoms with Crippen LogP contribution >= 0.6 is 0 Å². The van der Waals surface area contributed by atoms with E-state index >= 15 is 0 Å². The lowest BCUT2D eigenvalue weighted by atomic mass is 10.0. The molecule has 24 heavy (non-hydrogen) atoms. The number of piperidine rings is 1. The average molecular weight is 324 g/mol. The third-order valence-electron chi connectivity index (χ3n) is 5.41. The van der Waals surface area contributed by atoms with Crippen LogP contribution < -0.4 is 4.90 Å². The molecule has 2 saturated heterocycles. The lowest BCUT2D eigenvalue weighted by Gasteiger charge is -2.30. The van der Waals surface area contributed by atoms with Gasteiger partial charge in [-0.2, -0.15) is 10.4 Å². The van der Waals surface area contributed by atoms with E-state index in [0.717, 1.165) is 48.8 Å². The Morgan fingerprint density at radius 2 is 2.12 bits per heavy atom. The van der Waals surface area contributed by atoms with Crippen LogP contribution in [-0.2, 0) is 0 Å². The van der Waals surface area contributed by atoms with Crippen molar-refractivity contribution in [1.82, 2.24) is 19.5 Å². The molecule has 2 aliphatic rings. The molecule has 2 aromatic heterocycles. The van der Waals surface area contributed by atoms with Crippen molar-refractivity contribution in [3.8, 4) is 6.07 Å². The fourth-order valence-corrected chi connectivity index (χ4v) is 4.01. The topological polar surface area (TPSA) is 60.5 Å². The van der Waals surface area contributed by atoms with Crippen LogP contribution in [0.5, 0.6) is 0 Å². The molecule has 2 unspecified atom stereocenters. The van der Waals surface area contributed by atoms with Gasteiger partial charge in [0.05, 0.1) is 23.7 Å². The molecule has 0 N–H and O–H groups in total. The number of nitriles is 1. The minimum atomic E-state index is 0.124. The van der Waals surface area contributed by atoms with E-state index < -0.39 is 0 Å². The second-order valence-corrected chi connectivity index (χ2v) is 7.17. The number of nitrogens with zero attached hydrogens (tertiary/aromatic N) is 6. The van der Waals surface area contributed by atoms with Crippen molar-refractivity contribution in [3.63, 3.8) is 0 Å². The average Bonchev–Trinajstić information content (AvgIpc) is 3.20. The standard InChI is InChI=1S/C18H24N6/c1-13-11-24-17(20-18(13)23-8-6-14(10-19)12-23)9-15(21-24)16-5-3-4-7-22(16)2/h9,11,14,16H,3-8,12H2,1-2H3. The van der Waals surface area contributed by atoms with Crippen molar-refractivity contribution in [2.75, 3.05) is 31.6 Å². The molecule has 0 spiro atoms. The highest BCUT2D eigenvalue weighted by Gasteiger charge is 2.26. The number of hydrogen-bond donors (Lipinski definition) is 0. The molecule has 0 radical (unpaired) electrons. The third kappa shape index (κ3) is 2.63. The first-order valence-electron chi connectivity index (χ1n) is 8.87. The van der Waals surface area contributed by atoms with Gasteiger partial charge in [-0.15, -0.1) is 0 Å². The molecule has 2 aliphatic heterocycles. The van der Waals surface area contributed by atoms with Crippen LogP contribution in [0.2, 0.25) is 0 Å². The Kier molecular flexibility index (Phi) is 3.89. The van der Waals surface area contributed by atoms with E-state index in [4.69, 9.17) is 15.3 Å². The molecule has 0 aliphatic carbocycles. The fraction of sp³-hybridized carbons (Fsp3) is 0.611. The molecule has 2 atom stereocenters. The molecule has 0 saturated carbocycles. The Morgan fingerprint density at radius 3 is 2.88 bits per heavy atom. The molecule has 0 amide bonds. The van der Waals surface area contributed by atoms with Crippen LogP contribution in [0.3, 0.4) is 0 Å². The van der Waals surface area contributed by atoms with E-state index in [1.54, 1.807) is 0 Å². The number of hydrogen-bond acceptors (Lipinski definition) is 5. The Bertz CT molecular complexity index is 789. The maximum atomic E-state index is 9.13. The Labute approximate surface area is 142 Å². The van der Waals surface area contributed by atoms with Gasteiger partial charge in [0.15, 0.2) is 5.65 Å². The van der Waals surface area contributed by atoms with Gasteiger partial charge in [0.25, 0.3) is 0 Å². The van der Waals surface area contributed by atoms with Crippen LogP contribution in [0.15, 0.2) is 12.3 Å². The maximum absolute atomic E-state index is 9.13. The summed E-state index contributed by atoms with van der Waals surface area (Å²) in [5, 5.41) is 13.9. The highest BCUT2D eigenvalue weighted by atomic mass is 15.3. The summed E-state index contributed by atoms with van der Waals surface area (Å²) in [5.41, 5.74) is 3.15. The summed E-state index contributed by atoms with van der Waals surface area (Å²) in [6.07, 6.45) is 6.72. The predicted molar refractivity (Wildman–Crippen MR) is 92.9 cm³/mol. The molecule has 126 valence electrons. The zero-order chi connectivity index (χ0) is 16.7. The van der Waals surface area contributed by atoms with Gasteiger partial charge in [-0.05, 0) is 39.8 Å². The molecule has 0 aromatic carbocycles. The van der Waals surface area contributed by atoms with Crippen molar-refractivity contribution >= 4 is 11.5 Å². The highest BCUT2D eigenvalue weighted by molar-refractivity contribution is 5.54. The maximum Gasteiger partial charge on any atom is 0.157 e. The SMILES string of the molecule is Cc1cn2nc(C3CCCCN3C)cc2nc1N1CCC(C#N)C1. The van der Waals surface area contributed by atoms with Gasteiger partial charge in [-0.25, -0.2) is 9.50 Å². The van der Waals surface area contributed by atoms with Crippen molar-refractivity contribution < 1.29 is 0 Å². The molecule has 2 fully saturated rings. The molecule has 4 rings (SSSR count). The summed E-state index contributed by atoms with van der Waals surface area (Å²) in [7, 11) is 2.18. The number of fused-ring (bicyclic) bond motifs is 1. The van der Waals surface area contributed by atoms with Crippen molar-refractivity contribution in [2.24, 2.45) is 5.92 Å². The second kappa shape index (κ2) is 6.06. The largest absolute Gasteiger partial charge is 0.355 e. The fourth-order valence-electron chi connectivity index (χ4n) is 4.01. The van der Waals surface area contributed by atoms with Gasteiger partial charge >= 0.3 is 0 Å². The zero-order valence-corrected chi connectivity index (χ0v) is 14.4. The minimum Gasteiger partial charge on any atom is -0.355 e. The van der Waals surface area contributed by atoms with Crippen LogP contribution in [-0.4, -0.2) is 46.2 Å². The van der Waals surface area contributed by atoms with Gasteiger partial charge in [0.1, 0.15) is 5.82 Å². The van der Waals surface area contributed by atoms with Crippen LogP contribution in [0, 0.1) is 24.2 Å². The van der Waals surface area contributed by atoms with Gasteiger partial charge in [0, 0.05) is 30.9 Å². The van der Waals surface area contributed by atoms with Crippen LogP contribution in [0.1, 0.15) is 43.0 Å². The lowest BCUT2D eigenvalue weighted by Crippen LogP contribution is -2.29. The van der Waals surface area contributed by atoms with Crippen LogP contribution in [0.4, 0.5) is 5.82 Å². The molecule has 6 heteroatoms. The number of rotatable bonds is 2. The van der Waals surface area contributed by atoms with Crippen molar-refractivity contribution in [2.45, 2.75) is 38.6 Å². The van der Waals surface area contributed by atoms with E-state index in [0.29, 0.717) is 6.04 Å². The van der Waals surface area contributed by atoms with Gasteiger partial charge in [-0.1, -0.05) is 6.42 Å². The third-order valence-corrected chi connectivity index (χ3v) is 5.41. The quantitative estimate of drug-likeness (QED) is 0.849. The summed E-state index contributed by atoms with van der Waals surface area (Å²) in [6, 6.07) is 4.91.